The van der Waals surface area contributed by atoms with Crippen LogP contribution in [0.5, 0.6) is 5.75 Å². The Morgan fingerprint density at radius 3 is 2.06 bits per heavy atom. The second kappa shape index (κ2) is 13.5. The fourth-order valence-corrected chi connectivity index (χ4v) is 4.82. The summed E-state index contributed by atoms with van der Waals surface area (Å²) < 4.78 is 5.87. The largest absolute Gasteiger partial charge is 0.494 e. The molecule has 1 aliphatic rings. The van der Waals surface area contributed by atoms with Gasteiger partial charge in [-0.05, 0) is 60.9 Å². The SMILES string of the molecule is CCCCCCCOc1ccc(-c2ncc(CC[C@H]3CC[C@H](CCC)CC3)cn2)cc1. The van der Waals surface area contributed by atoms with Crippen LogP contribution in [-0.4, -0.2) is 16.6 Å². The van der Waals surface area contributed by atoms with Gasteiger partial charge in [-0.25, -0.2) is 9.97 Å². The summed E-state index contributed by atoms with van der Waals surface area (Å²) in [6.07, 6.45) is 21.2. The van der Waals surface area contributed by atoms with Gasteiger partial charge in [0.1, 0.15) is 5.75 Å². The van der Waals surface area contributed by atoms with Crippen LogP contribution < -0.4 is 4.74 Å². The number of aromatic nitrogens is 2. The first-order chi connectivity index (χ1) is 15.3. The van der Waals surface area contributed by atoms with Crippen LogP contribution in [0.3, 0.4) is 0 Å². The maximum atomic E-state index is 5.87. The molecule has 3 nitrogen and oxygen atoms in total. The molecule has 3 rings (SSSR count). The van der Waals surface area contributed by atoms with E-state index in [0.717, 1.165) is 48.4 Å². The molecule has 0 radical (unpaired) electrons. The van der Waals surface area contributed by atoms with E-state index < -0.39 is 0 Å². The highest BCUT2D eigenvalue weighted by atomic mass is 16.5. The first-order valence-corrected chi connectivity index (χ1v) is 12.8. The third-order valence-electron chi connectivity index (χ3n) is 6.84. The van der Waals surface area contributed by atoms with Crippen LogP contribution in [0.15, 0.2) is 36.7 Å². The summed E-state index contributed by atoms with van der Waals surface area (Å²) in [5.41, 5.74) is 2.32. The molecule has 0 bridgehead atoms. The van der Waals surface area contributed by atoms with E-state index in [9.17, 15) is 0 Å². The minimum atomic E-state index is 0.800. The van der Waals surface area contributed by atoms with E-state index in [1.807, 2.05) is 24.5 Å². The molecule has 170 valence electrons. The normalized spacial score (nSPS) is 18.8. The zero-order valence-electron chi connectivity index (χ0n) is 19.8. The average molecular weight is 423 g/mol. The summed E-state index contributed by atoms with van der Waals surface area (Å²) in [6, 6.07) is 8.20. The molecular weight excluding hydrogens is 380 g/mol. The summed E-state index contributed by atoms with van der Waals surface area (Å²) in [5, 5.41) is 0. The molecule has 0 spiro atoms. The summed E-state index contributed by atoms with van der Waals surface area (Å²) in [5.74, 6) is 3.62. The van der Waals surface area contributed by atoms with E-state index in [-0.39, 0.29) is 0 Å². The highest BCUT2D eigenvalue weighted by molar-refractivity contribution is 5.55. The van der Waals surface area contributed by atoms with Crippen molar-refractivity contribution in [3.63, 3.8) is 0 Å². The molecule has 2 aromatic rings. The Labute approximate surface area is 190 Å². The predicted octanol–water partition coefficient (Wildman–Crippen LogP) is 8.03. The molecule has 1 aromatic carbocycles. The van der Waals surface area contributed by atoms with Crippen LogP contribution in [-0.2, 0) is 6.42 Å². The number of rotatable bonds is 13. The molecule has 3 heteroatoms. The second-order valence-corrected chi connectivity index (χ2v) is 9.42. The van der Waals surface area contributed by atoms with Gasteiger partial charge in [0.05, 0.1) is 6.61 Å². The molecule has 0 aliphatic heterocycles. The lowest BCUT2D eigenvalue weighted by molar-refractivity contribution is 0.252. The van der Waals surface area contributed by atoms with Crippen LogP contribution in [0.4, 0.5) is 0 Å². The van der Waals surface area contributed by atoms with Crippen LogP contribution in [0.2, 0.25) is 0 Å². The van der Waals surface area contributed by atoms with Gasteiger partial charge in [-0.3, -0.25) is 0 Å². The smallest absolute Gasteiger partial charge is 0.159 e. The monoisotopic (exact) mass is 422 g/mol. The zero-order valence-corrected chi connectivity index (χ0v) is 19.8. The highest BCUT2D eigenvalue weighted by Gasteiger charge is 2.20. The maximum absolute atomic E-state index is 5.87. The van der Waals surface area contributed by atoms with Crippen molar-refractivity contribution < 1.29 is 4.74 Å². The number of ether oxygens (including phenoxy) is 1. The number of unbranched alkanes of at least 4 members (excludes halogenated alkanes) is 4. The lowest BCUT2D eigenvalue weighted by Crippen LogP contribution is -2.15. The van der Waals surface area contributed by atoms with Gasteiger partial charge in [0.25, 0.3) is 0 Å². The van der Waals surface area contributed by atoms with Gasteiger partial charge >= 0.3 is 0 Å². The first kappa shape index (κ1) is 23.8. The molecule has 0 N–H and O–H groups in total. The standard InChI is InChI=1S/C28H42N2O/c1-3-5-6-7-8-20-31-27-18-16-26(17-19-27)28-29-21-25(22-30-28)15-14-24-12-10-23(9-4-2)11-13-24/h16-19,21-24H,3-15,20H2,1-2H3/t23-,24-. The predicted molar refractivity (Wildman–Crippen MR) is 130 cm³/mol. The van der Waals surface area contributed by atoms with Crippen molar-refractivity contribution in [2.45, 2.75) is 97.3 Å². The Morgan fingerprint density at radius 1 is 0.774 bits per heavy atom. The zero-order chi connectivity index (χ0) is 21.7. The number of nitrogens with zero attached hydrogens (tertiary/aromatic N) is 2. The highest BCUT2D eigenvalue weighted by Crippen LogP contribution is 2.33. The molecule has 1 saturated carbocycles. The third-order valence-corrected chi connectivity index (χ3v) is 6.84. The van der Waals surface area contributed by atoms with Gasteiger partial charge in [0.15, 0.2) is 5.82 Å². The lowest BCUT2D eigenvalue weighted by atomic mass is 9.78. The van der Waals surface area contributed by atoms with E-state index in [2.05, 4.69) is 35.9 Å². The van der Waals surface area contributed by atoms with Crippen LogP contribution in [0.25, 0.3) is 11.4 Å². The van der Waals surface area contributed by atoms with Crippen molar-refractivity contribution in [1.29, 1.82) is 0 Å². The van der Waals surface area contributed by atoms with Crippen molar-refractivity contribution in [2.75, 3.05) is 6.61 Å². The summed E-state index contributed by atoms with van der Waals surface area (Å²) in [4.78, 5) is 9.26. The maximum Gasteiger partial charge on any atom is 0.159 e. The van der Waals surface area contributed by atoms with Gasteiger partial charge in [0.2, 0.25) is 0 Å². The van der Waals surface area contributed by atoms with Gasteiger partial charge in [-0.2, -0.15) is 0 Å². The molecular formula is C28H42N2O. The van der Waals surface area contributed by atoms with Crippen molar-refractivity contribution in [3.8, 4) is 17.1 Å². The summed E-state index contributed by atoms with van der Waals surface area (Å²) in [6.45, 7) is 5.36. The molecule has 1 heterocycles. The topological polar surface area (TPSA) is 35.0 Å². The Kier molecular flexibility index (Phi) is 10.3. The van der Waals surface area contributed by atoms with Crippen LogP contribution in [0, 0.1) is 11.8 Å². The van der Waals surface area contributed by atoms with Crippen molar-refractivity contribution in [1.82, 2.24) is 9.97 Å². The second-order valence-electron chi connectivity index (χ2n) is 9.42. The summed E-state index contributed by atoms with van der Waals surface area (Å²) in [7, 11) is 0. The van der Waals surface area contributed by atoms with E-state index in [4.69, 9.17) is 4.74 Å². The molecule has 0 atom stereocenters. The van der Waals surface area contributed by atoms with Gasteiger partial charge in [-0.15, -0.1) is 0 Å². The molecule has 0 amide bonds. The Morgan fingerprint density at radius 2 is 1.42 bits per heavy atom. The summed E-state index contributed by atoms with van der Waals surface area (Å²) >= 11 is 0. The van der Waals surface area contributed by atoms with Crippen LogP contribution in [0.1, 0.15) is 96.5 Å². The fourth-order valence-electron chi connectivity index (χ4n) is 4.82. The first-order valence-electron chi connectivity index (χ1n) is 12.8. The molecule has 1 aromatic heterocycles. The van der Waals surface area contributed by atoms with E-state index in [0.29, 0.717) is 0 Å². The molecule has 1 aliphatic carbocycles. The van der Waals surface area contributed by atoms with Crippen molar-refractivity contribution in [3.05, 3.63) is 42.2 Å². The van der Waals surface area contributed by atoms with Gasteiger partial charge in [-0.1, -0.05) is 78.1 Å². The Balaban J connectivity index is 1.39. The molecule has 31 heavy (non-hydrogen) atoms. The number of hydrogen-bond donors (Lipinski definition) is 0. The van der Waals surface area contributed by atoms with E-state index in [1.165, 1.54) is 76.2 Å². The van der Waals surface area contributed by atoms with Gasteiger partial charge < -0.3 is 4.74 Å². The molecule has 1 fully saturated rings. The van der Waals surface area contributed by atoms with E-state index >= 15 is 0 Å². The minimum absolute atomic E-state index is 0.800. The number of benzene rings is 1. The Hall–Kier alpha value is -1.90. The molecule has 0 saturated heterocycles. The number of hydrogen-bond acceptors (Lipinski definition) is 3. The number of aryl methyl sites for hydroxylation is 1. The molecule has 0 unspecified atom stereocenters. The third kappa shape index (κ3) is 8.27. The van der Waals surface area contributed by atoms with E-state index in [1.54, 1.807) is 0 Å². The fraction of sp³-hybridized carbons (Fsp3) is 0.643. The minimum Gasteiger partial charge on any atom is -0.494 e. The van der Waals surface area contributed by atoms with Crippen LogP contribution >= 0.6 is 0 Å². The van der Waals surface area contributed by atoms with Crippen molar-refractivity contribution >= 4 is 0 Å². The van der Waals surface area contributed by atoms with Crippen molar-refractivity contribution in [2.24, 2.45) is 11.8 Å². The Bertz CT molecular complexity index is 718. The quantitative estimate of drug-likeness (QED) is 0.306. The lowest BCUT2D eigenvalue weighted by Gasteiger charge is -2.28. The average Bonchev–Trinajstić information content (AvgIpc) is 2.82. The van der Waals surface area contributed by atoms with Gasteiger partial charge in [0, 0.05) is 18.0 Å².